The third-order valence-electron chi connectivity index (χ3n) is 3.20. The Morgan fingerprint density at radius 3 is 2.60 bits per heavy atom. The maximum atomic E-state index is 10.9. The smallest absolute Gasteiger partial charge is 0.310 e. The molecule has 0 aliphatic carbocycles. The maximum absolute atomic E-state index is 10.9. The Labute approximate surface area is 140 Å². The maximum Gasteiger partial charge on any atom is 0.310 e. The largest absolute Gasteiger partial charge is 0.477 e. The van der Waals surface area contributed by atoms with Crippen LogP contribution in [0.5, 0.6) is 5.75 Å². The number of aromatic nitrogens is 2. The fourth-order valence-electron chi connectivity index (χ4n) is 2.06. The number of nitro benzene ring substituents is 2. The number of hydrogen-bond acceptors (Lipinski definition) is 8. The van der Waals surface area contributed by atoms with Crippen molar-refractivity contribution >= 4 is 11.4 Å². The van der Waals surface area contributed by atoms with Gasteiger partial charge >= 0.3 is 5.69 Å². The van der Waals surface area contributed by atoms with Gasteiger partial charge in [-0.3, -0.25) is 20.2 Å². The van der Waals surface area contributed by atoms with Crippen LogP contribution in [0.2, 0.25) is 0 Å². The highest BCUT2D eigenvalue weighted by atomic mass is 16.6. The van der Waals surface area contributed by atoms with E-state index in [1.807, 2.05) is 0 Å². The van der Waals surface area contributed by atoms with E-state index in [1.165, 1.54) is 36.4 Å². The Kier molecular flexibility index (Phi) is 4.33. The van der Waals surface area contributed by atoms with Gasteiger partial charge in [-0.25, -0.2) is 0 Å². The van der Waals surface area contributed by atoms with Crippen LogP contribution in [0.3, 0.4) is 0 Å². The molecule has 0 saturated heterocycles. The van der Waals surface area contributed by atoms with Crippen LogP contribution in [0.25, 0.3) is 11.4 Å². The van der Waals surface area contributed by atoms with Crippen molar-refractivity contribution < 1.29 is 19.1 Å². The highest BCUT2D eigenvalue weighted by Gasteiger charge is 2.16. The van der Waals surface area contributed by atoms with E-state index in [9.17, 15) is 20.2 Å². The molecule has 0 N–H and O–H groups in total. The average Bonchev–Trinajstić information content (AvgIpc) is 3.09. The summed E-state index contributed by atoms with van der Waals surface area (Å²) < 4.78 is 10.4. The summed E-state index contributed by atoms with van der Waals surface area (Å²) in [6.07, 6.45) is 0. The molecule has 3 rings (SSSR count). The van der Waals surface area contributed by atoms with Gasteiger partial charge in [0.2, 0.25) is 5.82 Å². The molecule has 0 aliphatic rings. The lowest BCUT2D eigenvalue weighted by atomic mass is 10.2. The summed E-state index contributed by atoms with van der Waals surface area (Å²) in [5.41, 5.74) is 0.135. The molecule has 126 valence electrons. The zero-order valence-corrected chi connectivity index (χ0v) is 12.6. The highest BCUT2D eigenvalue weighted by Crippen LogP contribution is 2.27. The number of rotatable bonds is 6. The minimum atomic E-state index is -0.558. The lowest BCUT2D eigenvalue weighted by Crippen LogP contribution is -1.99. The highest BCUT2D eigenvalue weighted by molar-refractivity contribution is 5.58. The van der Waals surface area contributed by atoms with Gasteiger partial charge in [0.1, 0.15) is 0 Å². The SMILES string of the molecule is O=[N+]([O-])c1cccc(-c2noc(COc3ccccc3[N+](=O)[O-])n2)c1. The first-order valence-electron chi connectivity index (χ1n) is 6.98. The molecule has 3 aromatic rings. The molecule has 0 fully saturated rings. The summed E-state index contributed by atoms with van der Waals surface area (Å²) in [5.74, 6) is 0.312. The van der Waals surface area contributed by atoms with Crippen LogP contribution < -0.4 is 4.74 Å². The minimum Gasteiger partial charge on any atom is -0.477 e. The molecule has 0 saturated carbocycles. The third kappa shape index (κ3) is 3.58. The van der Waals surface area contributed by atoms with Gasteiger partial charge in [0.15, 0.2) is 12.4 Å². The number of nitrogens with zero attached hydrogens (tertiary/aromatic N) is 4. The van der Waals surface area contributed by atoms with E-state index < -0.39 is 9.85 Å². The number of benzene rings is 2. The molecule has 0 unspecified atom stereocenters. The number of ether oxygens (including phenoxy) is 1. The molecule has 0 aliphatic heterocycles. The molecule has 1 heterocycles. The van der Waals surface area contributed by atoms with Gasteiger partial charge in [0.05, 0.1) is 9.85 Å². The Balaban J connectivity index is 1.76. The second-order valence-corrected chi connectivity index (χ2v) is 4.83. The van der Waals surface area contributed by atoms with E-state index in [0.29, 0.717) is 5.56 Å². The van der Waals surface area contributed by atoms with Gasteiger partial charge in [-0.05, 0) is 6.07 Å². The van der Waals surface area contributed by atoms with E-state index in [4.69, 9.17) is 9.26 Å². The van der Waals surface area contributed by atoms with Crippen molar-refractivity contribution in [2.24, 2.45) is 0 Å². The zero-order valence-electron chi connectivity index (χ0n) is 12.6. The van der Waals surface area contributed by atoms with E-state index >= 15 is 0 Å². The van der Waals surface area contributed by atoms with Crippen LogP contribution in [-0.4, -0.2) is 20.0 Å². The number of non-ortho nitro benzene ring substituents is 1. The van der Waals surface area contributed by atoms with Crippen LogP contribution >= 0.6 is 0 Å². The number of hydrogen-bond donors (Lipinski definition) is 0. The van der Waals surface area contributed by atoms with Crippen LogP contribution in [-0.2, 0) is 6.61 Å². The van der Waals surface area contributed by atoms with Crippen molar-refractivity contribution in [3.8, 4) is 17.1 Å². The fourth-order valence-corrected chi connectivity index (χ4v) is 2.06. The molecule has 10 heteroatoms. The van der Waals surface area contributed by atoms with Crippen molar-refractivity contribution in [3.05, 3.63) is 74.7 Å². The van der Waals surface area contributed by atoms with Gasteiger partial charge < -0.3 is 9.26 Å². The lowest BCUT2D eigenvalue weighted by Gasteiger charge is -2.03. The summed E-state index contributed by atoms with van der Waals surface area (Å²) >= 11 is 0. The zero-order chi connectivity index (χ0) is 17.8. The van der Waals surface area contributed by atoms with Crippen molar-refractivity contribution in [1.29, 1.82) is 0 Å². The summed E-state index contributed by atoms with van der Waals surface area (Å²) in [6.45, 7) is -0.174. The molecule has 2 aromatic carbocycles. The lowest BCUT2D eigenvalue weighted by molar-refractivity contribution is -0.386. The van der Waals surface area contributed by atoms with Crippen LogP contribution in [0.1, 0.15) is 5.89 Å². The molecule has 0 bridgehead atoms. The van der Waals surface area contributed by atoms with E-state index in [-0.39, 0.29) is 35.4 Å². The molecule has 0 amide bonds. The predicted octanol–water partition coefficient (Wildman–Crippen LogP) is 3.13. The molecule has 0 spiro atoms. The van der Waals surface area contributed by atoms with Gasteiger partial charge in [0.25, 0.3) is 11.6 Å². The van der Waals surface area contributed by atoms with E-state index in [1.54, 1.807) is 12.1 Å². The molecule has 0 atom stereocenters. The van der Waals surface area contributed by atoms with E-state index in [2.05, 4.69) is 10.1 Å². The first-order chi connectivity index (χ1) is 12.0. The average molecular weight is 342 g/mol. The standard InChI is InChI=1S/C15H10N4O6/c20-18(21)11-5-3-4-10(8-11)15-16-14(25-17-15)9-24-13-7-2-1-6-12(13)19(22)23/h1-8H,9H2. The first-order valence-corrected chi connectivity index (χ1v) is 6.98. The third-order valence-corrected chi connectivity index (χ3v) is 3.20. The molecular weight excluding hydrogens is 332 g/mol. The molecule has 10 nitrogen and oxygen atoms in total. The monoisotopic (exact) mass is 342 g/mol. The normalized spacial score (nSPS) is 10.4. The van der Waals surface area contributed by atoms with Crippen LogP contribution in [0.4, 0.5) is 11.4 Å². The first kappa shape index (κ1) is 16.1. The van der Waals surface area contributed by atoms with Gasteiger partial charge in [-0.15, -0.1) is 0 Å². The quantitative estimate of drug-likeness (QED) is 0.492. The second-order valence-electron chi connectivity index (χ2n) is 4.83. The van der Waals surface area contributed by atoms with Crippen molar-refractivity contribution in [1.82, 2.24) is 10.1 Å². The second kappa shape index (κ2) is 6.74. The fraction of sp³-hybridized carbons (Fsp3) is 0.0667. The summed E-state index contributed by atoms with van der Waals surface area (Å²) in [4.78, 5) is 24.7. The Hall–Kier alpha value is -3.82. The Morgan fingerprint density at radius 2 is 1.84 bits per heavy atom. The van der Waals surface area contributed by atoms with Crippen molar-refractivity contribution in [2.75, 3.05) is 0 Å². The Bertz CT molecular complexity index is 939. The van der Waals surface area contributed by atoms with Crippen LogP contribution in [0.15, 0.2) is 53.1 Å². The van der Waals surface area contributed by atoms with Crippen LogP contribution in [0, 0.1) is 20.2 Å². The topological polar surface area (TPSA) is 134 Å². The summed E-state index contributed by atoms with van der Waals surface area (Å²) in [5, 5.41) is 25.5. The van der Waals surface area contributed by atoms with Gasteiger partial charge in [0, 0.05) is 23.8 Å². The molecule has 0 radical (unpaired) electrons. The van der Waals surface area contributed by atoms with Gasteiger partial charge in [-0.2, -0.15) is 4.98 Å². The Morgan fingerprint density at radius 1 is 1.04 bits per heavy atom. The number of para-hydroxylation sites is 2. The van der Waals surface area contributed by atoms with Crippen molar-refractivity contribution in [2.45, 2.75) is 6.61 Å². The predicted molar refractivity (Wildman–Crippen MR) is 83.8 cm³/mol. The summed E-state index contributed by atoms with van der Waals surface area (Å²) in [7, 11) is 0. The minimum absolute atomic E-state index is 0.0719. The number of nitro groups is 2. The van der Waals surface area contributed by atoms with E-state index in [0.717, 1.165) is 0 Å². The van der Waals surface area contributed by atoms with Crippen molar-refractivity contribution in [3.63, 3.8) is 0 Å². The molecular formula is C15H10N4O6. The van der Waals surface area contributed by atoms with Gasteiger partial charge in [-0.1, -0.05) is 29.4 Å². The molecule has 1 aromatic heterocycles. The molecule has 25 heavy (non-hydrogen) atoms. The summed E-state index contributed by atoms with van der Waals surface area (Å²) in [6, 6.07) is 11.7.